The van der Waals surface area contributed by atoms with E-state index in [1.165, 1.54) is 5.56 Å². The average Bonchev–Trinajstić information content (AvgIpc) is 2.78. The molecule has 29 heavy (non-hydrogen) atoms. The molecular formula is C27H24O2. The van der Waals surface area contributed by atoms with Gasteiger partial charge in [0.05, 0.1) is 0 Å². The summed E-state index contributed by atoms with van der Waals surface area (Å²) in [6.07, 6.45) is 1.11. The van der Waals surface area contributed by atoms with Gasteiger partial charge in [-0.25, -0.2) is 0 Å². The number of carbonyl (C=O) groups is 1. The third-order valence-corrected chi connectivity index (χ3v) is 5.41. The molecule has 0 fully saturated rings. The summed E-state index contributed by atoms with van der Waals surface area (Å²) >= 11 is 0. The first-order chi connectivity index (χ1) is 14.1. The molecule has 0 radical (unpaired) electrons. The van der Waals surface area contributed by atoms with Crippen molar-refractivity contribution in [3.8, 4) is 11.5 Å². The number of rotatable bonds is 6. The van der Waals surface area contributed by atoms with Gasteiger partial charge in [-0.3, -0.25) is 4.79 Å². The SMILES string of the molecule is CCC(C)c1ccc(Oc2cccc(C(=O)c3ccc4ccccc4c3)c2)cc1. The molecule has 4 aromatic rings. The fraction of sp³-hybridized carbons (Fsp3) is 0.148. The minimum atomic E-state index is -0.00618. The maximum atomic E-state index is 13.0. The summed E-state index contributed by atoms with van der Waals surface area (Å²) in [5.41, 5.74) is 2.60. The van der Waals surface area contributed by atoms with Gasteiger partial charge in [-0.15, -0.1) is 0 Å². The van der Waals surface area contributed by atoms with Crippen molar-refractivity contribution in [2.45, 2.75) is 26.2 Å². The van der Waals surface area contributed by atoms with Crippen molar-refractivity contribution < 1.29 is 9.53 Å². The van der Waals surface area contributed by atoms with E-state index >= 15 is 0 Å². The molecule has 0 heterocycles. The van der Waals surface area contributed by atoms with Gasteiger partial charge in [0.1, 0.15) is 11.5 Å². The van der Waals surface area contributed by atoms with Gasteiger partial charge in [0.2, 0.25) is 0 Å². The summed E-state index contributed by atoms with van der Waals surface area (Å²) in [6, 6.07) is 29.4. The second-order valence-corrected chi connectivity index (χ2v) is 7.40. The van der Waals surface area contributed by atoms with Gasteiger partial charge in [-0.2, -0.15) is 0 Å². The molecule has 144 valence electrons. The molecular weight excluding hydrogens is 356 g/mol. The van der Waals surface area contributed by atoms with Crippen LogP contribution in [0.3, 0.4) is 0 Å². The molecule has 4 rings (SSSR count). The topological polar surface area (TPSA) is 26.3 Å². The quantitative estimate of drug-likeness (QED) is 0.326. The van der Waals surface area contributed by atoms with E-state index in [9.17, 15) is 4.79 Å². The second kappa shape index (κ2) is 8.32. The third kappa shape index (κ3) is 4.22. The molecule has 0 saturated carbocycles. The van der Waals surface area contributed by atoms with Gasteiger partial charge in [0, 0.05) is 11.1 Å². The van der Waals surface area contributed by atoms with Crippen LogP contribution in [0.1, 0.15) is 47.7 Å². The summed E-state index contributed by atoms with van der Waals surface area (Å²) < 4.78 is 5.99. The lowest BCUT2D eigenvalue weighted by molar-refractivity contribution is 0.103. The molecule has 1 unspecified atom stereocenters. The number of fused-ring (bicyclic) bond motifs is 1. The van der Waals surface area contributed by atoms with Crippen LogP contribution >= 0.6 is 0 Å². The molecule has 0 spiro atoms. The van der Waals surface area contributed by atoms with E-state index in [1.54, 1.807) is 6.07 Å². The van der Waals surface area contributed by atoms with Crippen molar-refractivity contribution in [1.29, 1.82) is 0 Å². The van der Waals surface area contributed by atoms with Crippen molar-refractivity contribution in [1.82, 2.24) is 0 Å². The Bertz CT molecular complexity index is 1140. The number of ketones is 1. The van der Waals surface area contributed by atoms with Crippen molar-refractivity contribution in [2.24, 2.45) is 0 Å². The second-order valence-electron chi connectivity index (χ2n) is 7.40. The van der Waals surface area contributed by atoms with Gasteiger partial charge < -0.3 is 4.74 Å². The molecule has 0 amide bonds. The Morgan fingerprint density at radius 2 is 1.48 bits per heavy atom. The summed E-state index contributed by atoms with van der Waals surface area (Å²) in [5, 5.41) is 2.19. The van der Waals surface area contributed by atoms with Gasteiger partial charge in [0.25, 0.3) is 0 Å². The van der Waals surface area contributed by atoms with Crippen molar-refractivity contribution in [3.05, 3.63) is 108 Å². The average molecular weight is 380 g/mol. The Hall–Kier alpha value is -3.39. The van der Waals surface area contributed by atoms with Crippen LogP contribution in [-0.4, -0.2) is 5.78 Å². The van der Waals surface area contributed by atoms with Crippen molar-refractivity contribution in [2.75, 3.05) is 0 Å². The number of ether oxygens (including phenoxy) is 1. The summed E-state index contributed by atoms with van der Waals surface area (Å²) in [6.45, 7) is 4.41. The maximum absolute atomic E-state index is 13.0. The predicted molar refractivity (Wildman–Crippen MR) is 119 cm³/mol. The maximum Gasteiger partial charge on any atom is 0.193 e. The number of hydrogen-bond acceptors (Lipinski definition) is 2. The first-order valence-electron chi connectivity index (χ1n) is 10.1. The Morgan fingerprint density at radius 1 is 0.759 bits per heavy atom. The Labute approximate surface area is 171 Å². The Morgan fingerprint density at radius 3 is 2.24 bits per heavy atom. The van der Waals surface area contributed by atoms with E-state index < -0.39 is 0 Å². The zero-order valence-corrected chi connectivity index (χ0v) is 16.8. The number of carbonyl (C=O) groups excluding carboxylic acids is 1. The monoisotopic (exact) mass is 380 g/mol. The molecule has 0 aromatic heterocycles. The van der Waals surface area contributed by atoms with E-state index in [1.807, 2.05) is 72.8 Å². The third-order valence-electron chi connectivity index (χ3n) is 5.41. The van der Waals surface area contributed by atoms with E-state index in [4.69, 9.17) is 4.74 Å². The molecule has 2 heteroatoms. The molecule has 0 N–H and O–H groups in total. The van der Waals surface area contributed by atoms with Crippen LogP contribution in [0.15, 0.2) is 91.0 Å². The first kappa shape index (κ1) is 18.9. The van der Waals surface area contributed by atoms with Crippen LogP contribution in [0.4, 0.5) is 0 Å². The highest BCUT2D eigenvalue weighted by molar-refractivity contribution is 6.10. The highest BCUT2D eigenvalue weighted by Gasteiger charge is 2.11. The fourth-order valence-electron chi connectivity index (χ4n) is 3.43. The fourth-order valence-corrected chi connectivity index (χ4v) is 3.43. The lowest BCUT2D eigenvalue weighted by atomic mass is 9.99. The molecule has 0 aliphatic carbocycles. The number of hydrogen-bond donors (Lipinski definition) is 0. The smallest absolute Gasteiger partial charge is 0.193 e. The molecule has 0 saturated heterocycles. The van der Waals surface area contributed by atoms with E-state index in [-0.39, 0.29) is 5.78 Å². The van der Waals surface area contributed by atoms with Crippen LogP contribution in [0.25, 0.3) is 10.8 Å². The summed E-state index contributed by atoms with van der Waals surface area (Å²) in [7, 11) is 0. The van der Waals surface area contributed by atoms with Crippen LogP contribution in [-0.2, 0) is 0 Å². The summed E-state index contributed by atoms with van der Waals surface area (Å²) in [4.78, 5) is 13.0. The largest absolute Gasteiger partial charge is 0.457 e. The van der Waals surface area contributed by atoms with Crippen LogP contribution < -0.4 is 4.74 Å². The molecule has 1 atom stereocenters. The Balaban J connectivity index is 1.55. The van der Waals surface area contributed by atoms with Crippen molar-refractivity contribution >= 4 is 16.6 Å². The zero-order chi connectivity index (χ0) is 20.2. The molecule has 0 bridgehead atoms. The zero-order valence-electron chi connectivity index (χ0n) is 16.8. The highest BCUT2D eigenvalue weighted by Crippen LogP contribution is 2.27. The van der Waals surface area contributed by atoms with Gasteiger partial charge in [-0.1, -0.05) is 74.5 Å². The molecule has 2 nitrogen and oxygen atoms in total. The van der Waals surface area contributed by atoms with Gasteiger partial charge in [-0.05, 0) is 59.0 Å². The highest BCUT2D eigenvalue weighted by atomic mass is 16.5. The normalized spacial score (nSPS) is 11.9. The standard InChI is InChI=1S/C27H24O2/c1-3-19(2)20-13-15-25(16-14-20)29-26-10-6-9-23(18-26)27(28)24-12-11-21-7-4-5-8-22(21)17-24/h4-19H,3H2,1-2H3. The van der Waals surface area contributed by atoms with E-state index in [0.29, 0.717) is 22.8 Å². The lowest BCUT2D eigenvalue weighted by Crippen LogP contribution is -2.01. The Kier molecular flexibility index (Phi) is 5.44. The predicted octanol–water partition coefficient (Wildman–Crippen LogP) is 7.38. The summed E-state index contributed by atoms with van der Waals surface area (Å²) in [5.74, 6) is 1.96. The minimum absolute atomic E-state index is 0.00618. The van der Waals surface area contributed by atoms with E-state index in [2.05, 4.69) is 26.0 Å². The van der Waals surface area contributed by atoms with E-state index in [0.717, 1.165) is 22.9 Å². The van der Waals surface area contributed by atoms with Crippen LogP contribution in [0, 0.1) is 0 Å². The first-order valence-corrected chi connectivity index (χ1v) is 10.1. The number of benzene rings is 4. The lowest BCUT2D eigenvalue weighted by Gasteiger charge is -2.11. The van der Waals surface area contributed by atoms with Gasteiger partial charge in [0.15, 0.2) is 5.78 Å². The molecule has 0 aliphatic heterocycles. The van der Waals surface area contributed by atoms with Crippen LogP contribution in [0.2, 0.25) is 0 Å². The van der Waals surface area contributed by atoms with Crippen LogP contribution in [0.5, 0.6) is 11.5 Å². The molecule has 4 aromatic carbocycles. The van der Waals surface area contributed by atoms with Gasteiger partial charge >= 0.3 is 0 Å². The minimum Gasteiger partial charge on any atom is -0.457 e. The molecule has 0 aliphatic rings. The van der Waals surface area contributed by atoms with Crippen molar-refractivity contribution in [3.63, 3.8) is 0 Å².